The molecule has 2 nitrogen and oxygen atoms in total. The van der Waals surface area contributed by atoms with E-state index in [1.165, 1.54) is 12.1 Å². The first-order valence-corrected chi connectivity index (χ1v) is 8.25. The van der Waals surface area contributed by atoms with Crippen LogP contribution in [-0.4, -0.2) is 23.9 Å². The fourth-order valence-electron chi connectivity index (χ4n) is 2.90. The van der Waals surface area contributed by atoms with Crippen LogP contribution in [0.5, 0.6) is 0 Å². The van der Waals surface area contributed by atoms with Crippen LogP contribution in [0.25, 0.3) is 0 Å². The van der Waals surface area contributed by atoms with Crippen molar-refractivity contribution in [3.63, 3.8) is 0 Å². The molecule has 0 saturated carbocycles. The summed E-state index contributed by atoms with van der Waals surface area (Å²) >= 11 is 1.55. The zero-order valence-electron chi connectivity index (χ0n) is 11.8. The summed E-state index contributed by atoms with van der Waals surface area (Å²) in [6.45, 7) is 1.53. The van der Waals surface area contributed by atoms with Gasteiger partial charge in [-0.15, -0.1) is 0 Å². The molecule has 1 aromatic heterocycles. The van der Waals surface area contributed by atoms with Crippen molar-refractivity contribution in [3.8, 4) is 0 Å². The molecule has 110 valence electrons. The van der Waals surface area contributed by atoms with Gasteiger partial charge < -0.3 is 4.90 Å². The largest absolute Gasteiger partial charge is 0.338 e. The van der Waals surface area contributed by atoms with Gasteiger partial charge in [0.15, 0.2) is 0 Å². The van der Waals surface area contributed by atoms with Crippen molar-refractivity contribution in [2.45, 2.75) is 25.2 Å². The Morgan fingerprint density at radius 1 is 1.19 bits per heavy atom. The summed E-state index contributed by atoms with van der Waals surface area (Å²) < 4.78 is 13.1. The summed E-state index contributed by atoms with van der Waals surface area (Å²) in [5.74, 6) is 0.208. The molecule has 0 radical (unpaired) electrons. The minimum Gasteiger partial charge on any atom is -0.338 e. The number of benzene rings is 1. The zero-order valence-corrected chi connectivity index (χ0v) is 12.6. The molecule has 2 heterocycles. The summed E-state index contributed by atoms with van der Waals surface area (Å²) in [6, 6.07) is 8.58. The molecule has 1 aromatic carbocycles. The van der Waals surface area contributed by atoms with E-state index < -0.39 is 0 Å². The topological polar surface area (TPSA) is 20.3 Å². The average Bonchev–Trinajstić information content (AvgIpc) is 2.92. The second-order valence-corrected chi connectivity index (χ2v) is 6.29. The summed E-state index contributed by atoms with van der Waals surface area (Å²) in [5, 5.41) is 3.84. The van der Waals surface area contributed by atoms with Gasteiger partial charge in [-0.2, -0.15) is 11.3 Å². The van der Waals surface area contributed by atoms with Gasteiger partial charge in [-0.1, -0.05) is 18.6 Å². The lowest BCUT2D eigenvalue weighted by molar-refractivity contribution is 0.0755. The molecule has 1 aliphatic heterocycles. The van der Waals surface area contributed by atoms with Gasteiger partial charge in [-0.25, -0.2) is 4.39 Å². The number of rotatable bonds is 2. The molecular formula is C17H18FNOS. The summed E-state index contributed by atoms with van der Waals surface area (Å²) in [7, 11) is 0. The Balaban J connectivity index is 1.77. The zero-order chi connectivity index (χ0) is 14.7. The lowest BCUT2D eigenvalue weighted by Crippen LogP contribution is -2.33. The van der Waals surface area contributed by atoms with Crippen LogP contribution in [0.2, 0.25) is 0 Å². The first kappa shape index (κ1) is 14.3. The number of hydrogen-bond donors (Lipinski definition) is 0. The number of hydrogen-bond acceptors (Lipinski definition) is 2. The SMILES string of the molecule is O=C(c1ccsc1)N1CCCC[C@@H](c2ccc(F)cc2)C1. The molecule has 4 heteroatoms. The van der Waals surface area contributed by atoms with Gasteiger partial charge in [0.05, 0.1) is 5.56 Å². The number of amides is 1. The fraction of sp³-hybridized carbons (Fsp3) is 0.353. The van der Waals surface area contributed by atoms with E-state index in [1.807, 2.05) is 33.9 Å². The van der Waals surface area contributed by atoms with Gasteiger partial charge in [0.25, 0.3) is 5.91 Å². The lowest BCUT2D eigenvalue weighted by atomic mass is 9.94. The summed E-state index contributed by atoms with van der Waals surface area (Å²) in [5.41, 5.74) is 1.90. The third-order valence-electron chi connectivity index (χ3n) is 4.07. The van der Waals surface area contributed by atoms with Crippen LogP contribution in [0.3, 0.4) is 0 Å². The van der Waals surface area contributed by atoms with E-state index in [2.05, 4.69) is 0 Å². The first-order valence-electron chi connectivity index (χ1n) is 7.31. The number of thiophene rings is 1. The molecule has 1 fully saturated rings. The standard InChI is InChI=1S/C17H18FNOS/c18-16-6-4-13(5-7-16)14-3-1-2-9-19(11-14)17(20)15-8-10-21-12-15/h4-8,10,12,14H,1-3,9,11H2/t14-/m1/s1. The maximum atomic E-state index is 13.1. The van der Waals surface area contributed by atoms with E-state index in [-0.39, 0.29) is 11.7 Å². The van der Waals surface area contributed by atoms with Crippen molar-refractivity contribution in [2.24, 2.45) is 0 Å². The Morgan fingerprint density at radius 2 is 2.00 bits per heavy atom. The molecular weight excluding hydrogens is 285 g/mol. The van der Waals surface area contributed by atoms with E-state index in [9.17, 15) is 9.18 Å². The Morgan fingerprint density at radius 3 is 2.71 bits per heavy atom. The summed E-state index contributed by atoms with van der Waals surface area (Å²) in [4.78, 5) is 14.5. The van der Waals surface area contributed by atoms with Crippen LogP contribution in [-0.2, 0) is 0 Å². The molecule has 0 spiro atoms. The van der Waals surface area contributed by atoms with E-state index in [0.717, 1.165) is 43.5 Å². The van der Waals surface area contributed by atoms with E-state index in [4.69, 9.17) is 0 Å². The average molecular weight is 303 g/mol. The molecule has 1 amide bonds. The summed E-state index contributed by atoms with van der Waals surface area (Å²) in [6.07, 6.45) is 3.20. The van der Waals surface area contributed by atoms with Crippen molar-refractivity contribution < 1.29 is 9.18 Å². The van der Waals surface area contributed by atoms with Crippen molar-refractivity contribution in [3.05, 3.63) is 58.0 Å². The van der Waals surface area contributed by atoms with Crippen LogP contribution >= 0.6 is 11.3 Å². The smallest absolute Gasteiger partial charge is 0.254 e. The highest BCUT2D eigenvalue weighted by Gasteiger charge is 2.24. The van der Waals surface area contributed by atoms with Gasteiger partial charge in [0, 0.05) is 24.4 Å². The molecule has 2 aromatic rings. The molecule has 1 aliphatic rings. The van der Waals surface area contributed by atoms with Crippen molar-refractivity contribution in [1.29, 1.82) is 0 Å². The molecule has 0 bridgehead atoms. The lowest BCUT2D eigenvalue weighted by Gasteiger charge is -2.24. The van der Waals surface area contributed by atoms with E-state index >= 15 is 0 Å². The third kappa shape index (κ3) is 3.32. The van der Waals surface area contributed by atoms with Gasteiger partial charge in [-0.05, 0) is 42.0 Å². The quantitative estimate of drug-likeness (QED) is 0.810. The first-order chi connectivity index (χ1) is 10.2. The van der Waals surface area contributed by atoms with Crippen molar-refractivity contribution in [2.75, 3.05) is 13.1 Å². The molecule has 0 aliphatic carbocycles. The Kier molecular flexibility index (Phi) is 4.34. The molecule has 3 rings (SSSR count). The number of nitrogens with zero attached hydrogens (tertiary/aromatic N) is 1. The monoisotopic (exact) mass is 303 g/mol. The van der Waals surface area contributed by atoms with Gasteiger partial charge in [0.2, 0.25) is 0 Å². The van der Waals surface area contributed by atoms with Crippen LogP contribution in [0.1, 0.15) is 41.1 Å². The van der Waals surface area contributed by atoms with Crippen LogP contribution in [0.15, 0.2) is 41.1 Å². The number of halogens is 1. The van der Waals surface area contributed by atoms with Crippen LogP contribution in [0, 0.1) is 5.82 Å². The highest BCUT2D eigenvalue weighted by atomic mass is 32.1. The fourth-order valence-corrected chi connectivity index (χ4v) is 3.53. The predicted molar refractivity (Wildman–Crippen MR) is 83.2 cm³/mol. The van der Waals surface area contributed by atoms with Crippen molar-refractivity contribution >= 4 is 17.2 Å². The van der Waals surface area contributed by atoms with E-state index in [0.29, 0.717) is 5.92 Å². The molecule has 1 atom stereocenters. The molecule has 0 N–H and O–H groups in total. The minimum atomic E-state index is -0.210. The highest BCUT2D eigenvalue weighted by Crippen LogP contribution is 2.27. The number of carbonyl (C=O) groups excluding carboxylic acids is 1. The van der Waals surface area contributed by atoms with Gasteiger partial charge in [0.1, 0.15) is 5.82 Å². The van der Waals surface area contributed by atoms with Crippen molar-refractivity contribution in [1.82, 2.24) is 4.90 Å². The minimum absolute atomic E-state index is 0.116. The maximum Gasteiger partial charge on any atom is 0.254 e. The third-order valence-corrected chi connectivity index (χ3v) is 4.75. The molecule has 0 unspecified atom stereocenters. The highest BCUT2D eigenvalue weighted by molar-refractivity contribution is 7.08. The normalized spacial score (nSPS) is 19.3. The Bertz CT molecular complexity index is 594. The Hall–Kier alpha value is -1.68. The number of likely N-dealkylation sites (tertiary alicyclic amines) is 1. The predicted octanol–water partition coefficient (Wildman–Crippen LogP) is 4.30. The second kappa shape index (κ2) is 6.39. The Labute approximate surface area is 128 Å². The number of carbonyl (C=O) groups is 1. The second-order valence-electron chi connectivity index (χ2n) is 5.51. The maximum absolute atomic E-state index is 13.1. The van der Waals surface area contributed by atoms with Crippen LogP contribution in [0.4, 0.5) is 4.39 Å². The van der Waals surface area contributed by atoms with Gasteiger partial charge >= 0.3 is 0 Å². The van der Waals surface area contributed by atoms with Crippen LogP contribution < -0.4 is 0 Å². The van der Waals surface area contributed by atoms with Gasteiger partial charge in [-0.3, -0.25) is 4.79 Å². The molecule has 21 heavy (non-hydrogen) atoms. The van der Waals surface area contributed by atoms with E-state index in [1.54, 1.807) is 11.3 Å². The molecule has 1 saturated heterocycles.